The smallest absolute Gasteiger partial charge is 0.273 e. The second-order valence-electron chi connectivity index (χ2n) is 3.03. The van der Waals surface area contributed by atoms with Crippen LogP contribution >= 0.6 is 11.6 Å². The van der Waals surface area contributed by atoms with Gasteiger partial charge in [0.2, 0.25) is 0 Å². The lowest BCUT2D eigenvalue weighted by Gasteiger charge is -2.06. The van der Waals surface area contributed by atoms with E-state index in [0.717, 1.165) is 6.07 Å². The molecule has 0 fully saturated rings. The van der Waals surface area contributed by atoms with Gasteiger partial charge in [-0.2, -0.15) is 18.3 Å². The fraction of sp³-hybridized carbons (Fsp3) is 0.250. The predicted molar refractivity (Wildman–Crippen MR) is 48.5 cm³/mol. The lowest BCUT2D eigenvalue weighted by molar-refractivity contribution is -0.136. The SMILES string of the molecule is Cn1cc2c(C(F)(F)F)cc(Cl)nc2n1. The molecule has 3 nitrogen and oxygen atoms in total. The van der Waals surface area contributed by atoms with Crippen molar-refractivity contribution in [3.05, 3.63) is 23.0 Å². The van der Waals surface area contributed by atoms with Crippen LogP contribution in [0.2, 0.25) is 5.15 Å². The molecule has 0 saturated carbocycles. The van der Waals surface area contributed by atoms with Crippen LogP contribution in [0.25, 0.3) is 11.0 Å². The monoisotopic (exact) mass is 235 g/mol. The standard InChI is InChI=1S/C8H5ClF3N3/c1-15-3-4-5(8(10,11)12)2-6(9)13-7(4)14-15/h2-3H,1H3. The minimum Gasteiger partial charge on any atom is -0.273 e. The van der Waals surface area contributed by atoms with E-state index in [0.29, 0.717) is 0 Å². The van der Waals surface area contributed by atoms with Crippen molar-refractivity contribution in [3.8, 4) is 0 Å². The van der Waals surface area contributed by atoms with Gasteiger partial charge in [-0.3, -0.25) is 4.68 Å². The molecule has 0 N–H and O–H groups in total. The first-order chi connectivity index (χ1) is 6.88. The number of nitrogens with zero attached hydrogens (tertiary/aromatic N) is 3. The normalized spacial score (nSPS) is 12.3. The van der Waals surface area contributed by atoms with Gasteiger partial charge in [0.25, 0.3) is 0 Å². The quantitative estimate of drug-likeness (QED) is 0.657. The van der Waals surface area contributed by atoms with Gasteiger partial charge < -0.3 is 0 Å². The molecule has 2 rings (SSSR count). The molecule has 2 aromatic heterocycles. The van der Waals surface area contributed by atoms with Gasteiger partial charge in [0.05, 0.1) is 10.9 Å². The highest BCUT2D eigenvalue weighted by Gasteiger charge is 2.34. The zero-order chi connectivity index (χ0) is 11.2. The van der Waals surface area contributed by atoms with Crippen LogP contribution in [0.15, 0.2) is 12.3 Å². The molecule has 2 heterocycles. The molecule has 0 aliphatic heterocycles. The van der Waals surface area contributed by atoms with Crippen LogP contribution in [0.3, 0.4) is 0 Å². The molecule has 0 saturated heterocycles. The third-order valence-corrected chi connectivity index (χ3v) is 2.07. The van der Waals surface area contributed by atoms with Gasteiger partial charge in [-0.15, -0.1) is 0 Å². The van der Waals surface area contributed by atoms with Crippen LogP contribution in [-0.2, 0) is 13.2 Å². The van der Waals surface area contributed by atoms with E-state index >= 15 is 0 Å². The molecule has 0 radical (unpaired) electrons. The molecule has 0 bridgehead atoms. The number of pyridine rings is 1. The molecule has 15 heavy (non-hydrogen) atoms. The highest BCUT2D eigenvalue weighted by Crippen LogP contribution is 2.35. The van der Waals surface area contributed by atoms with E-state index in [1.807, 2.05) is 0 Å². The lowest BCUT2D eigenvalue weighted by Crippen LogP contribution is -2.05. The summed E-state index contributed by atoms with van der Waals surface area (Å²) in [6.45, 7) is 0. The van der Waals surface area contributed by atoms with Crippen molar-refractivity contribution in [2.45, 2.75) is 6.18 Å². The van der Waals surface area contributed by atoms with E-state index in [9.17, 15) is 13.2 Å². The Morgan fingerprint density at radius 3 is 2.67 bits per heavy atom. The minimum absolute atomic E-state index is 0.00248. The predicted octanol–water partition coefficient (Wildman–Crippen LogP) is 2.64. The lowest BCUT2D eigenvalue weighted by atomic mass is 10.2. The topological polar surface area (TPSA) is 30.7 Å². The molecule has 0 aliphatic carbocycles. The molecule has 7 heteroatoms. The van der Waals surface area contributed by atoms with E-state index in [4.69, 9.17) is 11.6 Å². The molecule has 80 valence electrons. The maximum Gasteiger partial charge on any atom is 0.417 e. The van der Waals surface area contributed by atoms with Crippen LogP contribution < -0.4 is 0 Å². The molecule has 0 amide bonds. The summed E-state index contributed by atoms with van der Waals surface area (Å²) in [7, 11) is 1.52. The van der Waals surface area contributed by atoms with Crippen molar-refractivity contribution in [2.75, 3.05) is 0 Å². The third kappa shape index (κ3) is 1.77. The van der Waals surface area contributed by atoms with Crippen molar-refractivity contribution < 1.29 is 13.2 Å². The summed E-state index contributed by atoms with van der Waals surface area (Å²) in [6.07, 6.45) is -3.19. The molecular weight excluding hydrogens is 231 g/mol. The number of hydrogen-bond donors (Lipinski definition) is 0. The van der Waals surface area contributed by atoms with Crippen molar-refractivity contribution in [2.24, 2.45) is 7.05 Å². The number of fused-ring (bicyclic) bond motifs is 1. The number of aromatic nitrogens is 3. The number of rotatable bonds is 0. The van der Waals surface area contributed by atoms with E-state index in [2.05, 4.69) is 10.1 Å². The molecule has 0 aromatic carbocycles. The second-order valence-corrected chi connectivity index (χ2v) is 3.42. The molecule has 0 aliphatic rings. The van der Waals surface area contributed by atoms with Crippen LogP contribution in [0, 0.1) is 0 Å². The maximum atomic E-state index is 12.6. The summed E-state index contributed by atoms with van der Waals surface area (Å²) in [5.74, 6) is 0. The Hall–Kier alpha value is -1.30. The fourth-order valence-electron chi connectivity index (χ4n) is 1.31. The Bertz CT molecular complexity index is 518. The van der Waals surface area contributed by atoms with Crippen LogP contribution in [0.5, 0.6) is 0 Å². The van der Waals surface area contributed by atoms with Crippen LogP contribution in [0.1, 0.15) is 5.56 Å². The number of halogens is 4. The first-order valence-electron chi connectivity index (χ1n) is 3.95. The zero-order valence-electron chi connectivity index (χ0n) is 7.51. The molecule has 0 unspecified atom stereocenters. The van der Waals surface area contributed by atoms with Gasteiger partial charge in [-0.05, 0) is 6.07 Å². The third-order valence-electron chi connectivity index (χ3n) is 1.88. The van der Waals surface area contributed by atoms with Gasteiger partial charge >= 0.3 is 6.18 Å². The average molecular weight is 236 g/mol. The zero-order valence-corrected chi connectivity index (χ0v) is 8.26. The van der Waals surface area contributed by atoms with Gasteiger partial charge in [-0.1, -0.05) is 11.6 Å². The largest absolute Gasteiger partial charge is 0.417 e. The van der Waals surface area contributed by atoms with E-state index in [-0.39, 0.29) is 16.2 Å². The highest BCUT2D eigenvalue weighted by molar-refractivity contribution is 6.29. The molecule has 0 atom stereocenters. The van der Waals surface area contributed by atoms with Gasteiger partial charge in [0.1, 0.15) is 5.15 Å². The van der Waals surface area contributed by atoms with Crippen molar-refractivity contribution >= 4 is 22.6 Å². The summed E-state index contributed by atoms with van der Waals surface area (Å²) in [6, 6.07) is 0.797. The Kier molecular flexibility index (Phi) is 2.11. The Labute approximate surface area is 87.5 Å². The Morgan fingerprint density at radius 2 is 2.07 bits per heavy atom. The van der Waals surface area contributed by atoms with E-state index in [1.165, 1.54) is 17.9 Å². The summed E-state index contributed by atoms with van der Waals surface area (Å²) < 4.78 is 39.0. The van der Waals surface area contributed by atoms with Gasteiger partial charge in [0.15, 0.2) is 5.65 Å². The summed E-state index contributed by atoms with van der Waals surface area (Å²) in [5.41, 5.74) is -0.817. The maximum absolute atomic E-state index is 12.6. The first kappa shape index (κ1) is 10.2. The number of hydrogen-bond acceptors (Lipinski definition) is 2. The van der Waals surface area contributed by atoms with Gasteiger partial charge in [0, 0.05) is 13.2 Å². The highest BCUT2D eigenvalue weighted by atomic mass is 35.5. The second kappa shape index (κ2) is 3.10. The van der Waals surface area contributed by atoms with Crippen LogP contribution in [0.4, 0.5) is 13.2 Å². The number of aryl methyl sites for hydroxylation is 1. The van der Waals surface area contributed by atoms with Gasteiger partial charge in [-0.25, -0.2) is 4.98 Å². The summed E-state index contributed by atoms with van der Waals surface area (Å²) in [5, 5.41) is 3.51. The fourth-order valence-corrected chi connectivity index (χ4v) is 1.50. The molecular formula is C8H5ClF3N3. The van der Waals surface area contributed by atoms with E-state index < -0.39 is 11.7 Å². The first-order valence-corrected chi connectivity index (χ1v) is 4.33. The minimum atomic E-state index is -4.45. The molecule has 0 spiro atoms. The average Bonchev–Trinajstić information content (AvgIpc) is 2.41. The Morgan fingerprint density at radius 1 is 1.40 bits per heavy atom. The summed E-state index contributed by atoms with van der Waals surface area (Å²) >= 11 is 5.48. The summed E-state index contributed by atoms with van der Waals surface area (Å²) in [4.78, 5) is 3.70. The van der Waals surface area contributed by atoms with Crippen molar-refractivity contribution in [1.82, 2.24) is 14.8 Å². The molecule has 2 aromatic rings. The van der Waals surface area contributed by atoms with Crippen molar-refractivity contribution in [1.29, 1.82) is 0 Å². The van der Waals surface area contributed by atoms with Crippen LogP contribution in [-0.4, -0.2) is 14.8 Å². The Balaban J connectivity index is 2.82. The van der Waals surface area contributed by atoms with Crippen molar-refractivity contribution in [3.63, 3.8) is 0 Å². The van der Waals surface area contributed by atoms with E-state index in [1.54, 1.807) is 0 Å². The number of alkyl halides is 3.